The number of rotatable bonds is 6. The van der Waals surface area contributed by atoms with Crippen molar-refractivity contribution in [3.05, 3.63) is 34.9 Å². The number of hydrogen-bond acceptors (Lipinski definition) is 3. The Hall–Kier alpha value is -0.900. The molecule has 0 aliphatic carbocycles. The Bertz CT molecular complexity index is 386. The van der Waals surface area contributed by atoms with Crippen LogP contribution in [0.15, 0.2) is 18.2 Å². The van der Waals surface area contributed by atoms with E-state index in [1.807, 2.05) is 25.9 Å². The van der Waals surface area contributed by atoms with Crippen LogP contribution >= 0.6 is 0 Å². The highest BCUT2D eigenvalue weighted by Crippen LogP contribution is 2.10. The van der Waals surface area contributed by atoms with E-state index in [4.69, 9.17) is 0 Å². The van der Waals surface area contributed by atoms with Crippen LogP contribution in [0.5, 0.6) is 0 Å². The van der Waals surface area contributed by atoms with Gasteiger partial charge < -0.3 is 15.3 Å². The van der Waals surface area contributed by atoms with Crippen LogP contribution in [-0.2, 0) is 6.54 Å². The van der Waals surface area contributed by atoms with Crippen molar-refractivity contribution in [2.24, 2.45) is 0 Å². The fourth-order valence-electron chi connectivity index (χ4n) is 2.13. The van der Waals surface area contributed by atoms with Crippen molar-refractivity contribution in [2.75, 3.05) is 27.2 Å². The van der Waals surface area contributed by atoms with Gasteiger partial charge in [0, 0.05) is 19.6 Å². The molecule has 0 saturated heterocycles. The third-order valence-electron chi connectivity index (χ3n) is 3.06. The van der Waals surface area contributed by atoms with Crippen LogP contribution in [0.1, 0.15) is 23.6 Å². The molecule has 0 saturated carbocycles. The van der Waals surface area contributed by atoms with Gasteiger partial charge in [0.2, 0.25) is 0 Å². The molecule has 1 aromatic carbocycles. The number of likely N-dealkylation sites (N-methyl/N-ethyl adjacent to an activating group) is 1. The van der Waals surface area contributed by atoms with Crippen molar-refractivity contribution in [2.45, 2.75) is 32.9 Å². The molecule has 102 valence electrons. The van der Waals surface area contributed by atoms with Gasteiger partial charge >= 0.3 is 0 Å². The number of benzene rings is 1. The lowest BCUT2D eigenvalue weighted by molar-refractivity contribution is 0.0336. The Morgan fingerprint density at radius 1 is 1.22 bits per heavy atom. The van der Waals surface area contributed by atoms with Crippen LogP contribution in [-0.4, -0.2) is 42.8 Å². The molecule has 1 atom stereocenters. The lowest BCUT2D eigenvalue weighted by Gasteiger charge is -2.27. The molecule has 3 heteroatoms. The Morgan fingerprint density at radius 3 is 2.44 bits per heavy atom. The van der Waals surface area contributed by atoms with Crippen molar-refractivity contribution in [3.63, 3.8) is 0 Å². The second-order valence-electron chi connectivity index (χ2n) is 5.76. The van der Waals surface area contributed by atoms with Gasteiger partial charge in [-0.2, -0.15) is 0 Å². The summed E-state index contributed by atoms with van der Waals surface area (Å²) in [5.74, 6) is 0. The van der Waals surface area contributed by atoms with E-state index in [2.05, 4.69) is 37.4 Å². The molecular weight excluding hydrogens is 224 g/mol. The van der Waals surface area contributed by atoms with Gasteiger partial charge in [0.05, 0.1) is 5.60 Å². The molecule has 0 fully saturated rings. The smallest absolute Gasteiger partial charge is 0.0869 e. The van der Waals surface area contributed by atoms with Gasteiger partial charge in [-0.1, -0.05) is 18.2 Å². The number of nitrogens with zero attached hydrogens (tertiary/aromatic N) is 1. The first-order chi connectivity index (χ1) is 8.30. The highest BCUT2D eigenvalue weighted by Gasteiger charge is 2.20. The van der Waals surface area contributed by atoms with E-state index in [1.54, 1.807) is 0 Å². The molecule has 1 aromatic rings. The summed E-state index contributed by atoms with van der Waals surface area (Å²) in [5, 5.41) is 13.5. The van der Waals surface area contributed by atoms with E-state index >= 15 is 0 Å². The van der Waals surface area contributed by atoms with E-state index < -0.39 is 5.60 Å². The predicted molar refractivity (Wildman–Crippen MR) is 76.8 cm³/mol. The van der Waals surface area contributed by atoms with Crippen molar-refractivity contribution < 1.29 is 5.11 Å². The average molecular weight is 250 g/mol. The SMILES string of the molecule is Cc1ccc(CNCC(C)(O)CN(C)C)cc1C. The highest BCUT2D eigenvalue weighted by atomic mass is 16.3. The maximum Gasteiger partial charge on any atom is 0.0869 e. The topological polar surface area (TPSA) is 35.5 Å². The number of aryl methyl sites for hydroxylation is 2. The van der Waals surface area contributed by atoms with Crippen molar-refractivity contribution in [1.82, 2.24) is 10.2 Å². The lowest BCUT2D eigenvalue weighted by atomic mass is 10.1. The van der Waals surface area contributed by atoms with Gasteiger partial charge in [-0.3, -0.25) is 0 Å². The van der Waals surface area contributed by atoms with E-state index in [9.17, 15) is 5.11 Å². The van der Waals surface area contributed by atoms with Crippen LogP contribution in [0.4, 0.5) is 0 Å². The summed E-state index contributed by atoms with van der Waals surface area (Å²) in [6, 6.07) is 6.48. The molecule has 0 heterocycles. The maximum absolute atomic E-state index is 10.2. The van der Waals surface area contributed by atoms with Crippen LogP contribution in [0, 0.1) is 13.8 Å². The zero-order valence-corrected chi connectivity index (χ0v) is 12.2. The fraction of sp³-hybridized carbons (Fsp3) is 0.600. The van der Waals surface area contributed by atoms with Crippen molar-refractivity contribution >= 4 is 0 Å². The zero-order valence-electron chi connectivity index (χ0n) is 12.2. The summed E-state index contributed by atoms with van der Waals surface area (Å²) >= 11 is 0. The molecule has 0 bridgehead atoms. The van der Waals surface area contributed by atoms with Gasteiger partial charge in [0.25, 0.3) is 0 Å². The predicted octanol–water partition coefficient (Wildman–Crippen LogP) is 1.71. The first kappa shape index (κ1) is 15.2. The molecule has 3 nitrogen and oxygen atoms in total. The molecule has 0 radical (unpaired) electrons. The average Bonchev–Trinajstić information content (AvgIpc) is 2.21. The van der Waals surface area contributed by atoms with Crippen molar-refractivity contribution in [3.8, 4) is 0 Å². The lowest BCUT2D eigenvalue weighted by Crippen LogP contribution is -2.45. The molecule has 1 unspecified atom stereocenters. The molecular formula is C15H26N2O. The van der Waals surface area contributed by atoms with Crippen LogP contribution in [0.3, 0.4) is 0 Å². The quantitative estimate of drug-likeness (QED) is 0.807. The minimum absolute atomic E-state index is 0.595. The van der Waals surface area contributed by atoms with Gasteiger partial charge in [-0.15, -0.1) is 0 Å². The molecule has 0 amide bonds. The summed E-state index contributed by atoms with van der Waals surface area (Å²) in [5.41, 5.74) is 3.20. The van der Waals surface area contributed by atoms with Crippen LogP contribution in [0.25, 0.3) is 0 Å². The third kappa shape index (κ3) is 5.17. The van der Waals surface area contributed by atoms with Gasteiger partial charge in [-0.25, -0.2) is 0 Å². The summed E-state index contributed by atoms with van der Waals surface area (Å²) in [7, 11) is 3.94. The number of hydrogen-bond donors (Lipinski definition) is 2. The second kappa shape index (κ2) is 6.32. The first-order valence-corrected chi connectivity index (χ1v) is 6.44. The van der Waals surface area contributed by atoms with Gasteiger partial charge in [-0.05, 0) is 51.6 Å². The Morgan fingerprint density at radius 2 is 1.89 bits per heavy atom. The van der Waals surface area contributed by atoms with Crippen LogP contribution < -0.4 is 5.32 Å². The highest BCUT2D eigenvalue weighted by molar-refractivity contribution is 5.29. The molecule has 2 N–H and O–H groups in total. The largest absolute Gasteiger partial charge is 0.388 e. The summed E-state index contributed by atoms with van der Waals surface area (Å²) < 4.78 is 0. The summed E-state index contributed by atoms with van der Waals surface area (Å²) in [4.78, 5) is 2.00. The van der Waals surface area contributed by atoms with E-state index in [0.29, 0.717) is 13.1 Å². The summed E-state index contributed by atoms with van der Waals surface area (Å²) in [6.45, 7) is 8.16. The minimum atomic E-state index is -0.691. The van der Waals surface area contributed by atoms with E-state index in [0.717, 1.165) is 6.54 Å². The van der Waals surface area contributed by atoms with E-state index in [1.165, 1.54) is 16.7 Å². The zero-order chi connectivity index (χ0) is 13.8. The Balaban J connectivity index is 2.43. The Kier molecular flexibility index (Phi) is 5.32. The molecule has 0 aliphatic rings. The molecule has 0 aromatic heterocycles. The fourth-order valence-corrected chi connectivity index (χ4v) is 2.13. The third-order valence-corrected chi connectivity index (χ3v) is 3.06. The second-order valence-corrected chi connectivity index (χ2v) is 5.76. The number of aliphatic hydroxyl groups is 1. The standard InChI is InChI=1S/C15H26N2O/c1-12-6-7-14(8-13(12)2)9-16-10-15(3,18)11-17(4)5/h6-8,16,18H,9-11H2,1-5H3. The molecule has 0 aliphatic heterocycles. The molecule has 1 rings (SSSR count). The van der Waals surface area contributed by atoms with Crippen molar-refractivity contribution in [1.29, 1.82) is 0 Å². The molecule has 0 spiro atoms. The first-order valence-electron chi connectivity index (χ1n) is 6.44. The molecule has 18 heavy (non-hydrogen) atoms. The maximum atomic E-state index is 10.2. The number of nitrogens with one attached hydrogen (secondary N) is 1. The summed E-state index contributed by atoms with van der Waals surface area (Å²) in [6.07, 6.45) is 0. The normalized spacial score (nSPS) is 14.8. The van der Waals surface area contributed by atoms with E-state index in [-0.39, 0.29) is 0 Å². The minimum Gasteiger partial charge on any atom is -0.388 e. The monoisotopic (exact) mass is 250 g/mol. The van der Waals surface area contributed by atoms with Gasteiger partial charge in [0.1, 0.15) is 0 Å². The van der Waals surface area contributed by atoms with Crippen LogP contribution in [0.2, 0.25) is 0 Å². The Labute approximate surface area is 111 Å². The van der Waals surface area contributed by atoms with Gasteiger partial charge in [0.15, 0.2) is 0 Å².